The summed E-state index contributed by atoms with van der Waals surface area (Å²) in [5.41, 5.74) is 1.00. The van der Waals surface area contributed by atoms with Crippen molar-refractivity contribution >= 4 is 34.9 Å². The van der Waals surface area contributed by atoms with Gasteiger partial charge in [-0.05, 0) is 19.5 Å². The number of likely N-dealkylation sites (N-methyl/N-ethyl adjacent to an activating group) is 1. The van der Waals surface area contributed by atoms with Crippen LogP contribution in [-0.2, 0) is 26.6 Å². The largest absolute Gasteiger partial charge is 0.591 e. The van der Waals surface area contributed by atoms with Crippen LogP contribution in [0, 0.1) is 0 Å². The van der Waals surface area contributed by atoms with Crippen molar-refractivity contribution in [1.82, 2.24) is 14.9 Å². The lowest BCUT2D eigenvalue weighted by molar-refractivity contribution is -0.110. The lowest BCUT2D eigenvalue weighted by atomic mass is 9.93. The van der Waals surface area contributed by atoms with Crippen molar-refractivity contribution in [2.24, 2.45) is 0 Å². The molecular weight excluding hydrogens is 366 g/mol. The topological polar surface area (TPSA) is 67.4 Å². The predicted octanol–water partition coefficient (Wildman–Crippen LogP) is 2.03. The number of thiocarbonyl (C=S) groups is 1. The van der Waals surface area contributed by atoms with E-state index < -0.39 is 21.8 Å². The summed E-state index contributed by atoms with van der Waals surface area (Å²) in [5, 5.41) is 6.30. The Kier molecular flexibility index (Phi) is 5.45. The molecule has 2 aromatic carbocycles. The molecule has 1 aliphatic rings. The molecule has 0 spiro atoms. The van der Waals surface area contributed by atoms with Gasteiger partial charge in [0.25, 0.3) is 4.87 Å². The van der Waals surface area contributed by atoms with Gasteiger partial charge in [-0.1, -0.05) is 72.9 Å². The molecule has 0 bridgehead atoms. The van der Waals surface area contributed by atoms with E-state index in [4.69, 9.17) is 12.2 Å². The molecule has 1 fully saturated rings. The van der Waals surface area contributed by atoms with Gasteiger partial charge in [-0.3, -0.25) is 15.4 Å². The van der Waals surface area contributed by atoms with Crippen LogP contribution in [-0.4, -0.2) is 33.8 Å². The maximum absolute atomic E-state index is 13.5. The Bertz CT molecular complexity index is 790. The fourth-order valence-electron chi connectivity index (χ4n) is 3.12. The summed E-state index contributed by atoms with van der Waals surface area (Å²) in [6, 6.07) is 18.8. The van der Waals surface area contributed by atoms with E-state index in [2.05, 4.69) is 10.6 Å². The fraction of sp³-hybridized carbons (Fsp3) is 0.263. The molecule has 3 unspecified atom stereocenters. The predicted molar refractivity (Wildman–Crippen MR) is 108 cm³/mol. The lowest BCUT2D eigenvalue weighted by Gasteiger charge is -2.35. The van der Waals surface area contributed by atoms with Crippen molar-refractivity contribution in [3.63, 3.8) is 0 Å². The molecule has 26 heavy (non-hydrogen) atoms. The Labute approximate surface area is 162 Å². The molecule has 1 heterocycles. The van der Waals surface area contributed by atoms with Gasteiger partial charge in [0, 0.05) is 5.56 Å². The molecule has 136 valence electrons. The van der Waals surface area contributed by atoms with Crippen LogP contribution in [0.2, 0.25) is 0 Å². The maximum atomic E-state index is 13.5. The molecule has 7 heteroatoms. The molecule has 3 rings (SSSR count). The second-order valence-corrected chi connectivity index (χ2v) is 8.20. The molecule has 0 saturated carbocycles. The first-order valence-electron chi connectivity index (χ1n) is 8.25. The molecule has 0 amide bonds. The Balaban J connectivity index is 1.96. The molecule has 1 saturated heterocycles. The van der Waals surface area contributed by atoms with E-state index in [0.29, 0.717) is 23.5 Å². The van der Waals surface area contributed by atoms with Gasteiger partial charge >= 0.3 is 0 Å². The fourth-order valence-corrected chi connectivity index (χ4v) is 5.03. The number of rotatable bonds is 6. The van der Waals surface area contributed by atoms with E-state index in [9.17, 15) is 9.35 Å². The van der Waals surface area contributed by atoms with E-state index in [1.165, 1.54) is 0 Å². The zero-order valence-corrected chi connectivity index (χ0v) is 16.3. The number of hydrogen-bond acceptors (Lipinski definition) is 5. The molecule has 2 aromatic rings. The first-order chi connectivity index (χ1) is 12.5. The van der Waals surface area contributed by atoms with Crippen LogP contribution in [0.5, 0.6) is 0 Å². The molecule has 0 aromatic heterocycles. The van der Waals surface area contributed by atoms with Gasteiger partial charge < -0.3 is 4.55 Å². The molecule has 2 N–H and O–H groups in total. The monoisotopic (exact) mass is 387 g/mol. The Morgan fingerprint density at radius 1 is 1.23 bits per heavy atom. The second kappa shape index (κ2) is 7.46. The average Bonchev–Trinajstić information content (AvgIpc) is 3.01. The number of carbonyl (C=O) groups is 1. The van der Waals surface area contributed by atoms with Crippen molar-refractivity contribution in [2.45, 2.75) is 17.3 Å². The summed E-state index contributed by atoms with van der Waals surface area (Å²) in [6.07, 6.45) is 0.694. The SMILES string of the molecule is CNC(C=O)(c1ccccc1)[S+]([O-])N1CNC(C)(c2ccccc2)C1=S. The minimum atomic E-state index is -1.74. The van der Waals surface area contributed by atoms with Gasteiger partial charge in [-0.2, -0.15) is 4.31 Å². The third-order valence-corrected chi connectivity index (χ3v) is 7.34. The van der Waals surface area contributed by atoms with Gasteiger partial charge in [-0.15, -0.1) is 0 Å². The number of nitrogens with one attached hydrogen (secondary N) is 2. The van der Waals surface area contributed by atoms with Gasteiger partial charge in [-0.25, -0.2) is 0 Å². The highest BCUT2D eigenvalue weighted by molar-refractivity contribution is 7.92. The Morgan fingerprint density at radius 2 is 1.81 bits per heavy atom. The number of carbonyl (C=O) groups excluding carboxylic acids is 1. The second-order valence-electron chi connectivity index (χ2n) is 6.23. The van der Waals surface area contributed by atoms with Crippen LogP contribution >= 0.6 is 12.2 Å². The summed E-state index contributed by atoms with van der Waals surface area (Å²) in [5.74, 6) is 0. The Morgan fingerprint density at radius 3 is 2.35 bits per heavy atom. The van der Waals surface area contributed by atoms with E-state index in [1.54, 1.807) is 23.5 Å². The van der Waals surface area contributed by atoms with Gasteiger partial charge in [0.15, 0.2) is 11.3 Å². The molecule has 0 radical (unpaired) electrons. The minimum absolute atomic E-state index is 0.293. The maximum Gasteiger partial charge on any atom is 0.283 e. The molecular formula is C19H21N3O2S2. The highest BCUT2D eigenvalue weighted by Crippen LogP contribution is 2.36. The van der Waals surface area contributed by atoms with Crippen LogP contribution in [0.4, 0.5) is 0 Å². The lowest BCUT2D eigenvalue weighted by Crippen LogP contribution is -2.56. The number of benzene rings is 2. The zero-order valence-electron chi connectivity index (χ0n) is 14.6. The Hall–Kier alpha value is -1.77. The summed E-state index contributed by atoms with van der Waals surface area (Å²) >= 11 is 3.93. The van der Waals surface area contributed by atoms with Gasteiger partial charge in [0.1, 0.15) is 18.0 Å². The minimum Gasteiger partial charge on any atom is -0.591 e. The molecule has 5 nitrogen and oxygen atoms in total. The average molecular weight is 388 g/mol. The number of hydrogen-bond donors (Lipinski definition) is 2. The van der Waals surface area contributed by atoms with E-state index in [0.717, 1.165) is 5.56 Å². The van der Waals surface area contributed by atoms with E-state index in [-0.39, 0.29) is 0 Å². The van der Waals surface area contributed by atoms with Gasteiger partial charge in [0.2, 0.25) is 0 Å². The van der Waals surface area contributed by atoms with Crippen molar-refractivity contribution in [3.05, 3.63) is 71.8 Å². The summed E-state index contributed by atoms with van der Waals surface area (Å²) in [7, 11) is 1.63. The van der Waals surface area contributed by atoms with Gasteiger partial charge in [0.05, 0.1) is 5.54 Å². The normalized spacial score (nSPS) is 23.5. The number of aldehydes is 1. The van der Waals surface area contributed by atoms with Crippen LogP contribution in [0.3, 0.4) is 0 Å². The van der Waals surface area contributed by atoms with E-state index in [1.807, 2.05) is 55.5 Å². The first-order valence-corrected chi connectivity index (χ1v) is 9.76. The molecule has 3 atom stereocenters. The van der Waals surface area contributed by atoms with Crippen molar-refractivity contribution in [3.8, 4) is 0 Å². The zero-order chi connectivity index (χ0) is 18.8. The standard InChI is InChI=1S/C19H21N3O2S2/c1-18(15-9-5-3-6-10-15)17(25)22(14-21-18)26(24)19(13-23,20-2)16-11-7-4-8-12-16/h3-13,20-21H,14H2,1-2H3. The van der Waals surface area contributed by atoms with Crippen molar-refractivity contribution < 1.29 is 9.35 Å². The summed E-state index contributed by atoms with van der Waals surface area (Å²) < 4.78 is 15.1. The van der Waals surface area contributed by atoms with Crippen molar-refractivity contribution in [1.29, 1.82) is 0 Å². The molecule has 0 aliphatic carbocycles. The number of nitrogens with zero attached hydrogens (tertiary/aromatic N) is 1. The third-order valence-electron chi connectivity index (χ3n) is 4.80. The summed E-state index contributed by atoms with van der Waals surface area (Å²) in [4.78, 5) is 11.2. The third kappa shape index (κ3) is 2.95. The van der Waals surface area contributed by atoms with Crippen LogP contribution in [0.25, 0.3) is 0 Å². The van der Waals surface area contributed by atoms with Crippen LogP contribution in [0.15, 0.2) is 60.7 Å². The highest BCUT2D eigenvalue weighted by atomic mass is 32.2. The smallest absolute Gasteiger partial charge is 0.283 e. The van der Waals surface area contributed by atoms with Crippen molar-refractivity contribution in [2.75, 3.05) is 13.7 Å². The first kappa shape index (κ1) is 19.0. The van der Waals surface area contributed by atoms with Crippen LogP contribution < -0.4 is 10.6 Å². The quantitative estimate of drug-likeness (QED) is 0.449. The van der Waals surface area contributed by atoms with Crippen LogP contribution in [0.1, 0.15) is 18.1 Å². The van der Waals surface area contributed by atoms with E-state index >= 15 is 0 Å². The highest BCUT2D eigenvalue weighted by Gasteiger charge is 2.53. The summed E-state index contributed by atoms with van der Waals surface area (Å²) in [6.45, 7) is 2.26. The molecule has 1 aliphatic heterocycles.